The number of hydrogen-bond acceptors (Lipinski definition) is 7. The Morgan fingerprint density at radius 3 is 2.54 bits per heavy atom. The standard InChI is InChI=1S/C25H25N3O6S/c1-15-21(12-13-25(26-15)32-2)34-22-5-3-4-18-19(22)10-11-23(18)33-17-8-6-16(7-9-17)20-14-24(29)28-35(30,31)27-20/h3-9,12-13,20,23,27H,10-11,14H2,1-2H3,(H,28,29)/t20?,23-/m1/s1. The van der Waals surface area contributed by atoms with Gasteiger partial charge in [-0.25, -0.2) is 9.71 Å². The third-order valence-electron chi connectivity index (χ3n) is 6.11. The van der Waals surface area contributed by atoms with Crippen LogP contribution in [0.2, 0.25) is 0 Å². The van der Waals surface area contributed by atoms with Crippen molar-refractivity contribution in [3.63, 3.8) is 0 Å². The van der Waals surface area contributed by atoms with E-state index in [1.54, 1.807) is 37.4 Å². The van der Waals surface area contributed by atoms with Crippen LogP contribution in [0.3, 0.4) is 0 Å². The quantitative estimate of drug-likeness (QED) is 0.536. The zero-order valence-electron chi connectivity index (χ0n) is 19.3. The smallest absolute Gasteiger partial charge is 0.301 e. The topological polar surface area (TPSA) is 116 Å². The minimum absolute atomic E-state index is 0.0431. The summed E-state index contributed by atoms with van der Waals surface area (Å²) in [6.45, 7) is 1.88. The first-order valence-electron chi connectivity index (χ1n) is 11.2. The number of pyridine rings is 1. The number of carbonyl (C=O) groups excluding carboxylic acids is 1. The molecule has 2 aliphatic rings. The molecule has 1 aliphatic carbocycles. The van der Waals surface area contributed by atoms with Crippen LogP contribution in [0.25, 0.3) is 0 Å². The molecule has 2 atom stereocenters. The number of rotatable bonds is 6. The van der Waals surface area contributed by atoms with Gasteiger partial charge in [-0.05, 0) is 55.2 Å². The molecule has 3 aromatic rings. The molecule has 1 saturated heterocycles. The van der Waals surface area contributed by atoms with E-state index in [0.29, 0.717) is 22.9 Å². The second-order valence-electron chi connectivity index (χ2n) is 8.48. The number of hydrogen-bond donors (Lipinski definition) is 2. The molecule has 1 aromatic heterocycles. The van der Waals surface area contributed by atoms with E-state index in [1.807, 2.05) is 35.9 Å². The maximum Gasteiger partial charge on any atom is 0.301 e. The molecular formula is C25H25N3O6S. The molecule has 182 valence electrons. The molecule has 1 unspecified atom stereocenters. The van der Waals surface area contributed by atoms with Crippen molar-refractivity contribution in [2.24, 2.45) is 0 Å². The summed E-state index contributed by atoms with van der Waals surface area (Å²) in [5, 5.41) is 0. The summed E-state index contributed by atoms with van der Waals surface area (Å²) in [7, 11) is -2.25. The van der Waals surface area contributed by atoms with Crippen LogP contribution in [0.4, 0.5) is 0 Å². The summed E-state index contributed by atoms with van der Waals surface area (Å²) in [6.07, 6.45) is 1.53. The van der Waals surface area contributed by atoms with Crippen molar-refractivity contribution in [3.05, 3.63) is 77.0 Å². The van der Waals surface area contributed by atoms with Gasteiger partial charge in [-0.3, -0.25) is 4.79 Å². The molecule has 0 radical (unpaired) electrons. The van der Waals surface area contributed by atoms with E-state index in [9.17, 15) is 13.2 Å². The molecule has 1 aliphatic heterocycles. The Morgan fingerprint density at radius 1 is 1.03 bits per heavy atom. The van der Waals surface area contributed by atoms with Crippen molar-refractivity contribution >= 4 is 16.1 Å². The van der Waals surface area contributed by atoms with Crippen LogP contribution >= 0.6 is 0 Å². The average molecular weight is 496 g/mol. The van der Waals surface area contributed by atoms with Gasteiger partial charge in [-0.1, -0.05) is 24.3 Å². The van der Waals surface area contributed by atoms with E-state index in [1.165, 1.54) is 0 Å². The molecule has 2 N–H and O–H groups in total. The molecular weight excluding hydrogens is 470 g/mol. The Labute approximate surface area is 203 Å². The Bertz CT molecular complexity index is 1370. The number of aryl methyl sites for hydroxylation is 1. The van der Waals surface area contributed by atoms with E-state index >= 15 is 0 Å². The van der Waals surface area contributed by atoms with Gasteiger partial charge in [0.25, 0.3) is 0 Å². The zero-order chi connectivity index (χ0) is 24.6. The number of fused-ring (bicyclic) bond motifs is 1. The second kappa shape index (κ2) is 9.20. The molecule has 10 heteroatoms. The number of ether oxygens (including phenoxy) is 3. The van der Waals surface area contributed by atoms with Crippen LogP contribution in [0.5, 0.6) is 23.1 Å². The Morgan fingerprint density at radius 2 is 1.83 bits per heavy atom. The molecule has 1 fully saturated rings. The summed E-state index contributed by atoms with van der Waals surface area (Å²) >= 11 is 0. The molecule has 0 bridgehead atoms. The molecule has 35 heavy (non-hydrogen) atoms. The van der Waals surface area contributed by atoms with Gasteiger partial charge in [0.2, 0.25) is 11.8 Å². The van der Waals surface area contributed by atoms with Crippen molar-refractivity contribution in [2.75, 3.05) is 7.11 Å². The average Bonchev–Trinajstić information content (AvgIpc) is 3.23. The van der Waals surface area contributed by atoms with Gasteiger partial charge in [0.15, 0.2) is 0 Å². The third-order valence-corrected chi connectivity index (χ3v) is 7.20. The predicted molar refractivity (Wildman–Crippen MR) is 128 cm³/mol. The Kier molecular flexibility index (Phi) is 6.08. The van der Waals surface area contributed by atoms with E-state index in [0.717, 1.165) is 35.4 Å². The van der Waals surface area contributed by atoms with E-state index in [4.69, 9.17) is 14.2 Å². The van der Waals surface area contributed by atoms with Gasteiger partial charge in [0.05, 0.1) is 18.8 Å². The largest absolute Gasteiger partial charge is 0.486 e. The van der Waals surface area contributed by atoms with Crippen molar-refractivity contribution in [1.82, 2.24) is 14.4 Å². The maximum atomic E-state index is 11.8. The minimum Gasteiger partial charge on any atom is -0.486 e. The highest BCUT2D eigenvalue weighted by Gasteiger charge is 2.30. The lowest BCUT2D eigenvalue weighted by Crippen LogP contribution is -2.48. The molecule has 2 heterocycles. The zero-order valence-corrected chi connectivity index (χ0v) is 20.1. The molecule has 0 spiro atoms. The van der Waals surface area contributed by atoms with Crippen LogP contribution in [-0.4, -0.2) is 26.4 Å². The number of amides is 1. The summed E-state index contributed by atoms with van der Waals surface area (Å²) in [5.74, 6) is 2.12. The highest BCUT2D eigenvalue weighted by Crippen LogP contribution is 2.41. The van der Waals surface area contributed by atoms with Crippen LogP contribution in [-0.2, 0) is 21.4 Å². The molecule has 5 rings (SSSR count). The number of benzene rings is 2. The lowest BCUT2D eigenvalue weighted by atomic mass is 10.0. The maximum absolute atomic E-state index is 11.8. The lowest BCUT2D eigenvalue weighted by Gasteiger charge is -2.24. The SMILES string of the molecule is COc1ccc(Oc2cccc3c2CC[C@H]3Oc2ccc(C3CC(=O)NS(=O)(=O)N3)cc2)c(C)n1. The van der Waals surface area contributed by atoms with Crippen LogP contribution in [0.15, 0.2) is 54.6 Å². The summed E-state index contributed by atoms with van der Waals surface area (Å²) in [4.78, 5) is 16.1. The Hall–Kier alpha value is -3.63. The van der Waals surface area contributed by atoms with Crippen LogP contribution in [0, 0.1) is 6.92 Å². The first-order chi connectivity index (χ1) is 16.8. The van der Waals surface area contributed by atoms with Gasteiger partial charge in [0, 0.05) is 18.1 Å². The normalized spacial score (nSPS) is 20.6. The first-order valence-corrected chi connectivity index (χ1v) is 12.7. The van der Waals surface area contributed by atoms with Crippen molar-refractivity contribution < 1.29 is 27.4 Å². The monoisotopic (exact) mass is 495 g/mol. The van der Waals surface area contributed by atoms with Crippen molar-refractivity contribution in [3.8, 4) is 23.1 Å². The third kappa shape index (κ3) is 4.94. The van der Waals surface area contributed by atoms with Gasteiger partial charge in [-0.2, -0.15) is 13.1 Å². The van der Waals surface area contributed by atoms with Crippen LogP contribution < -0.4 is 23.7 Å². The summed E-state index contributed by atoms with van der Waals surface area (Å²) in [5.41, 5.74) is 3.61. The fourth-order valence-electron chi connectivity index (χ4n) is 4.43. The summed E-state index contributed by atoms with van der Waals surface area (Å²) in [6, 6.07) is 16.1. The number of carbonyl (C=O) groups is 1. The first kappa shape index (κ1) is 23.1. The highest BCUT2D eigenvalue weighted by atomic mass is 32.2. The highest BCUT2D eigenvalue weighted by molar-refractivity contribution is 7.88. The van der Waals surface area contributed by atoms with Gasteiger partial charge in [-0.15, -0.1) is 0 Å². The van der Waals surface area contributed by atoms with Crippen molar-refractivity contribution in [2.45, 2.75) is 38.3 Å². The van der Waals surface area contributed by atoms with Gasteiger partial charge >= 0.3 is 10.2 Å². The van der Waals surface area contributed by atoms with E-state index in [-0.39, 0.29) is 12.5 Å². The minimum atomic E-state index is -3.83. The van der Waals surface area contributed by atoms with E-state index < -0.39 is 22.2 Å². The Balaban J connectivity index is 1.30. The molecule has 1 amide bonds. The predicted octanol–water partition coefficient (Wildman–Crippen LogP) is 3.65. The van der Waals surface area contributed by atoms with Crippen molar-refractivity contribution in [1.29, 1.82) is 0 Å². The molecule has 9 nitrogen and oxygen atoms in total. The summed E-state index contributed by atoms with van der Waals surface area (Å²) < 4.78 is 45.5. The van der Waals surface area contributed by atoms with E-state index in [2.05, 4.69) is 9.71 Å². The number of methoxy groups -OCH3 is 1. The van der Waals surface area contributed by atoms with Crippen LogP contribution in [0.1, 0.15) is 47.4 Å². The fourth-order valence-corrected chi connectivity index (χ4v) is 5.47. The lowest BCUT2D eigenvalue weighted by molar-refractivity contribution is -0.120. The number of aromatic nitrogens is 1. The van der Waals surface area contributed by atoms with Gasteiger partial charge in [0.1, 0.15) is 23.4 Å². The molecule has 2 aromatic carbocycles. The second-order valence-corrected chi connectivity index (χ2v) is 9.93. The fraction of sp³-hybridized carbons (Fsp3) is 0.280. The number of nitrogens with one attached hydrogen (secondary N) is 2. The molecule has 0 saturated carbocycles. The number of nitrogens with zero attached hydrogens (tertiary/aromatic N) is 1. The van der Waals surface area contributed by atoms with Gasteiger partial charge < -0.3 is 14.2 Å².